The molecule has 0 bridgehead atoms. The van der Waals surface area contributed by atoms with Gasteiger partial charge in [0.15, 0.2) is 11.3 Å². The lowest BCUT2D eigenvalue weighted by molar-refractivity contribution is -0.138. The minimum atomic E-state index is -4.67. The zero-order valence-electron chi connectivity index (χ0n) is 15.1. The van der Waals surface area contributed by atoms with Crippen LogP contribution in [-0.4, -0.2) is 36.5 Å². The summed E-state index contributed by atoms with van der Waals surface area (Å²) < 4.78 is 57.6. The lowest BCUT2D eigenvalue weighted by Gasteiger charge is -2.09. The highest BCUT2D eigenvalue weighted by Crippen LogP contribution is 2.33. The van der Waals surface area contributed by atoms with Crippen molar-refractivity contribution < 1.29 is 27.1 Å². The number of anilines is 2. The number of amides is 1. The van der Waals surface area contributed by atoms with Crippen molar-refractivity contribution in [3.05, 3.63) is 46.2 Å². The quantitative estimate of drug-likeness (QED) is 0.391. The van der Waals surface area contributed by atoms with Crippen LogP contribution < -0.4 is 15.8 Å². The molecule has 3 heterocycles. The van der Waals surface area contributed by atoms with Gasteiger partial charge in [-0.2, -0.15) is 23.5 Å². The van der Waals surface area contributed by atoms with Crippen molar-refractivity contribution in [1.82, 2.24) is 30.6 Å². The first kappa shape index (κ1) is 20.4. The van der Waals surface area contributed by atoms with E-state index in [1.54, 1.807) is 0 Å². The molecule has 4 rings (SSSR count). The molecule has 0 saturated heterocycles. The number of pyridine rings is 1. The van der Waals surface area contributed by atoms with E-state index in [2.05, 4.69) is 35.9 Å². The van der Waals surface area contributed by atoms with Crippen molar-refractivity contribution in [2.75, 3.05) is 11.1 Å². The van der Waals surface area contributed by atoms with Gasteiger partial charge in [-0.1, -0.05) is 11.3 Å². The fraction of sp³-hybridized carbons (Fsp3) is 0.125. The van der Waals surface area contributed by atoms with Crippen LogP contribution in [0.3, 0.4) is 0 Å². The van der Waals surface area contributed by atoms with Gasteiger partial charge in [0.25, 0.3) is 5.91 Å². The number of carbonyl (C=O) groups is 1. The first-order chi connectivity index (χ1) is 14.7. The Bertz CT molecular complexity index is 1270. The summed E-state index contributed by atoms with van der Waals surface area (Å²) >= 11 is 0.169. The number of nitrogens with zero attached hydrogens (tertiary/aromatic N) is 5. The van der Waals surface area contributed by atoms with E-state index < -0.39 is 22.9 Å². The predicted octanol–water partition coefficient (Wildman–Crippen LogP) is 2.78. The summed E-state index contributed by atoms with van der Waals surface area (Å²) in [5.41, 5.74) is 6.14. The fourth-order valence-corrected chi connectivity index (χ4v) is 3.08. The Hall–Kier alpha value is -3.88. The number of nitrogens with two attached hydrogens (primary N) is 1. The number of benzene rings is 1. The van der Waals surface area contributed by atoms with Crippen LogP contribution in [-0.2, 0) is 12.8 Å². The fourth-order valence-electron chi connectivity index (χ4n) is 2.48. The summed E-state index contributed by atoms with van der Waals surface area (Å²) in [6.45, 7) is -0.296. The smallest absolute Gasteiger partial charge is 0.445 e. The number of nitrogen functional groups attached to an aromatic ring is 1. The Kier molecular flexibility index (Phi) is 5.10. The Balaban J connectivity index is 1.51. The van der Waals surface area contributed by atoms with Crippen molar-refractivity contribution in [3.8, 4) is 5.75 Å². The molecule has 31 heavy (non-hydrogen) atoms. The SMILES string of the molecule is Nc1cc(OCc2cc(C(=O)Nc3nnc(C(F)(F)F)s3)ccc2F)c2n[nH]nc2n1. The Morgan fingerprint density at radius 3 is 2.77 bits per heavy atom. The Labute approximate surface area is 173 Å². The number of carbonyl (C=O) groups excluding carboxylic acids is 1. The van der Waals surface area contributed by atoms with Crippen LogP contribution in [0.2, 0.25) is 0 Å². The molecule has 4 aromatic rings. The van der Waals surface area contributed by atoms with Gasteiger partial charge in [0.1, 0.15) is 18.2 Å². The van der Waals surface area contributed by atoms with E-state index in [4.69, 9.17) is 10.5 Å². The van der Waals surface area contributed by atoms with E-state index in [1.165, 1.54) is 18.2 Å². The van der Waals surface area contributed by atoms with Gasteiger partial charge in [0, 0.05) is 17.2 Å². The molecule has 4 N–H and O–H groups in total. The molecular formula is C16H10F4N8O2S. The predicted molar refractivity (Wildman–Crippen MR) is 99.7 cm³/mol. The molecule has 0 aliphatic carbocycles. The number of aromatic amines is 1. The van der Waals surface area contributed by atoms with Crippen molar-refractivity contribution in [3.63, 3.8) is 0 Å². The molecular weight excluding hydrogens is 444 g/mol. The summed E-state index contributed by atoms with van der Waals surface area (Å²) in [5.74, 6) is -1.15. The second-order valence-electron chi connectivity index (χ2n) is 6.00. The number of rotatable bonds is 5. The first-order valence-electron chi connectivity index (χ1n) is 8.31. The standard InChI is InChI=1S/C16H10F4N8O2S/c17-8-2-1-6(13(29)23-15-27-26-14(31-15)16(18,19)20)3-7(8)5-30-9-4-10(21)22-12-11(9)24-28-25-12/h1-4H,5H2,(H,23,27,29)(H3,21,22,24,25,28). The van der Waals surface area contributed by atoms with Gasteiger partial charge in [-0.25, -0.2) is 9.37 Å². The average Bonchev–Trinajstić information content (AvgIpc) is 3.36. The molecule has 0 atom stereocenters. The van der Waals surface area contributed by atoms with E-state index in [9.17, 15) is 22.4 Å². The van der Waals surface area contributed by atoms with Gasteiger partial charge in [-0.15, -0.1) is 15.3 Å². The van der Waals surface area contributed by atoms with Crippen LogP contribution in [0.4, 0.5) is 28.5 Å². The molecule has 0 aliphatic heterocycles. The van der Waals surface area contributed by atoms with Crippen LogP contribution in [0.25, 0.3) is 11.2 Å². The molecule has 1 aromatic carbocycles. The Morgan fingerprint density at radius 1 is 1.23 bits per heavy atom. The van der Waals surface area contributed by atoms with Crippen molar-refractivity contribution in [1.29, 1.82) is 0 Å². The van der Waals surface area contributed by atoms with E-state index in [0.29, 0.717) is 0 Å². The first-order valence-corrected chi connectivity index (χ1v) is 9.12. The van der Waals surface area contributed by atoms with Gasteiger partial charge in [-0.05, 0) is 18.2 Å². The monoisotopic (exact) mass is 454 g/mol. The molecule has 3 aromatic heterocycles. The van der Waals surface area contributed by atoms with Gasteiger partial charge < -0.3 is 10.5 Å². The zero-order chi connectivity index (χ0) is 22.2. The maximum absolute atomic E-state index is 14.2. The highest BCUT2D eigenvalue weighted by atomic mass is 32.1. The molecule has 0 fully saturated rings. The van der Waals surface area contributed by atoms with E-state index in [0.717, 1.165) is 6.07 Å². The van der Waals surface area contributed by atoms with Crippen molar-refractivity contribution in [2.24, 2.45) is 0 Å². The third-order valence-electron chi connectivity index (χ3n) is 3.86. The second-order valence-corrected chi connectivity index (χ2v) is 6.98. The van der Waals surface area contributed by atoms with Crippen LogP contribution in [0.15, 0.2) is 24.3 Å². The summed E-state index contributed by atoms with van der Waals surface area (Å²) in [5, 5.41) is 16.9. The molecule has 0 unspecified atom stereocenters. The zero-order valence-corrected chi connectivity index (χ0v) is 15.9. The third-order valence-corrected chi connectivity index (χ3v) is 4.74. The Morgan fingerprint density at radius 2 is 2.03 bits per heavy atom. The van der Waals surface area contributed by atoms with Crippen LogP contribution in [0.1, 0.15) is 20.9 Å². The molecule has 160 valence electrons. The van der Waals surface area contributed by atoms with E-state index >= 15 is 0 Å². The van der Waals surface area contributed by atoms with Gasteiger partial charge in [0.05, 0.1) is 0 Å². The highest BCUT2D eigenvalue weighted by molar-refractivity contribution is 7.15. The minimum absolute atomic E-state index is 0.00734. The number of hydrogen-bond acceptors (Lipinski definition) is 9. The average molecular weight is 454 g/mol. The molecule has 10 nitrogen and oxygen atoms in total. The number of aromatic nitrogens is 6. The number of hydrogen-bond donors (Lipinski definition) is 3. The number of H-pyrrole nitrogens is 1. The van der Waals surface area contributed by atoms with Crippen LogP contribution >= 0.6 is 11.3 Å². The largest absolute Gasteiger partial charge is 0.486 e. The molecule has 0 aliphatic rings. The normalized spacial score (nSPS) is 11.6. The molecule has 0 spiro atoms. The summed E-state index contributed by atoms with van der Waals surface area (Å²) in [7, 11) is 0. The number of alkyl halides is 3. The summed E-state index contributed by atoms with van der Waals surface area (Å²) in [4.78, 5) is 16.3. The van der Waals surface area contributed by atoms with Crippen molar-refractivity contribution in [2.45, 2.75) is 12.8 Å². The minimum Gasteiger partial charge on any atom is -0.486 e. The third kappa shape index (κ3) is 4.35. The van der Waals surface area contributed by atoms with E-state index in [-0.39, 0.29) is 56.9 Å². The maximum Gasteiger partial charge on any atom is 0.445 e. The lowest BCUT2D eigenvalue weighted by atomic mass is 10.1. The topological polar surface area (TPSA) is 145 Å². The number of ether oxygens (including phenoxy) is 1. The van der Waals surface area contributed by atoms with Crippen LogP contribution in [0, 0.1) is 5.82 Å². The van der Waals surface area contributed by atoms with Gasteiger partial charge in [-0.3, -0.25) is 10.1 Å². The van der Waals surface area contributed by atoms with Crippen LogP contribution in [0.5, 0.6) is 5.75 Å². The van der Waals surface area contributed by atoms with Crippen molar-refractivity contribution >= 4 is 39.4 Å². The second kappa shape index (κ2) is 7.75. The van der Waals surface area contributed by atoms with Gasteiger partial charge >= 0.3 is 6.18 Å². The number of fused-ring (bicyclic) bond motifs is 1. The number of nitrogens with one attached hydrogen (secondary N) is 2. The molecule has 0 radical (unpaired) electrons. The maximum atomic E-state index is 14.2. The molecule has 15 heteroatoms. The van der Waals surface area contributed by atoms with E-state index in [1.807, 2.05) is 0 Å². The number of halogens is 4. The summed E-state index contributed by atoms with van der Waals surface area (Å²) in [6.07, 6.45) is -4.67. The lowest BCUT2D eigenvalue weighted by Crippen LogP contribution is -2.13. The highest BCUT2D eigenvalue weighted by Gasteiger charge is 2.35. The van der Waals surface area contributed by atoms with Gasteiger partial charge in [0.2, 0.25) is 15.8 Å². The molecule has 0 saturated carbocycles. The molecule has 1 amide bonds. The summed E-state index contributed by atoms with van der Waals surface area (Å²) in [6, 6.07) is 4.77.